The van der Waals surface area contributed by atoms with E-state index in [-0.39, 0.29) is 19.1 Å². The van der Waals surface area contributed by atoms with Crippen LogP contribution in [0.25, 0.3) is 0 Å². The molecule has 0 spiro atoms. The Morgan fingerprint density at radius 1 is 1.39 bits per heavy atom. The number of aliphatic hydroxyl groups excluding tert-OH is 1. The van der Waals surface area contributed by atoms with E-state index in [1.54, 1.807) is 4.90 Å². The quantitative estimate of drug-likeness (QED) is 0.859. The monoisotopic (exact) mass is 324 g/mol. The minimum atomic E-state index is -0.641. The van der Waals surface area contributed by atoms with Gasteiger partial charge >= 0.3 is 0 Å². The summed E-state index contributed by atoms with van der Waals surface area (Å²) in [6.45, 7) is 10.5. The molecule has 1 aliphatic heterocycles. The van der Waals surface area contributed by atoms with Crippen molar-refractivity contribution in [1.29, 1.82) is 0 Å². The Labute approximate surface area is 138 Å². The van der Waals surface area contributed by atoms with Gasteiger partial charge in [-0.1, -0.05) is 20.8 Å². The van der Waals surface area contributed by atoms with E-state index >= 15 is 0 Å². The van der Waals surface area contributed by atoms with E-state index in [0.29, 0.717) is 18.9 Å². The highest BCUT2D eigenvalue weighted by Crippen LogP contribution is 2.20. The van der Waals surface area contributed by atoms with E-state index in [1.165, 1.54) is 0 Å². The molecule has 0 aromatic carbocycles. The number of aryl methyl sites for hydroxylation is 1. The zero-order valence-corrected chi connectivity index (χ0v) is 14.4. The van der Waals surface area contributed by atoms with Crippen molar-refractivity contribution in [2.75, 3.05) is 39.4 Å². The average Bonchev–Trinajstić information content (AvgIpc) is 2.84. The van der Waals surface area contributed by atoms with Crippen LogP contribution in [-0.2, 0) is 17.7 Å². The summed E-state index contributed by atoms with van der Waals surface area (Å²) >= 11 is 0. The normalized spacial score (nSPS) is 19.2. The van der Waals surface area contributed by atoms with Gasteiger partial charge in [-0.15, -0.1) is 0 Å². The van der Waals surface area contributed by atoms with Gasteiger partial charge in [0.1, 0.15) is 5.76 Å². The van der Waals surface area contributed by atoms with Crippen LogP contribution in [0.5, 0.6) is 0 Å². The highest BCUT2D eigenvalue weighted by Gasteiger charge is 2.25. The number of hydrogen-bond acceptors (Lipinski definition) is 5. The molecule has 1 aromatic rings. The fourth-order valence-electron chi connectivity index (χ4n) is 2.83. The lowest BCUT2D eigenvalue weighted by Crippen LogP contribution is -2.37. The number of rotatable bonds is 6. The van der Waals surface area contributed by atoms with Gasteiger partial charge in [-0.2, -0.15) is 0 Å². The first-order chi connectivity index (χ1) is 11.1. The predicted molar refractivity (Wildman–Crippen MR) is 87.4 cm³/mol. The number of nitrogens with zero attached hydrogens (tertiary/aromatic N) is 2. The lowest BCUT2D eigenvalue weighted by Gasteiger charge is -2.19. The zero-order chi connectivity index (χ0) is 16.8. The Morgan fingerprint density at radius 2 is 2.13 bits per heavy atom. The van der Waals surface area contributed by atoms with E-state index < -0.39 is 6.10 Å². The van der Waals surface area contributed by atoms with Gasteiger partial charge in [0.2, 0.25) is 0 Å². The molecule has 23 heavy (non-hydrogen) atoms. The van der Waals surface area contributed by atoms with Gasteiger partial charge in [0, 0.05) is 31.6 Å². The molecule has 0 bridgehead atoms. The first-order valence-electron chi connectivity index (χ1n) is 8.47. The third-order valence-electron chi connectivity index (χ3n) is 4.25. The summed E-state index contributed by atoms with van der Waals surface area (Å²) in [7, 11) is 0. The first-order valence-corrected chi connectivity index (χ1v) is 8.47. The van der Waals surface area contributed by atoms with Crippen LogP contribution < -0.4 is 0 Å². The second-order valence-corrected chi connectivity index (χ2v) is 5.85. The number of amides is 1. The highest BCUT2D eigenvalue weighted by molar-refractivity contribution is 5.91. The van der Waals surface area contributed by atoms with Gasteiger partial charge < -0.3 is 19.2 Å². The maximum atomic E-state index is 12.7. The van der Waals surface area contributed by atoms with E-state index in [0.717, 1.165) is 37.4 Å². The summed E-state index contributed by atoms with van der Waals surface area (Å²) in [6, 6.07) is 1.86. The second kappa shape index (κ2) is 8.47. The molecule has 2 rings (SSSR count). The molecule has 1 amide bonds. The molecule has 1 atom stereocenters. The number of furan rings is 1. The minimum Gasteiger partial charge on any atom is -0.456 e. The van der Waals surface area contributed by atoms with Crippen LogP contribution in [0, 0.1) is 0 Å². The molecule has 1 aliphatic rings. The SMILES string of the molecule is CCc1oc(C(=O)N2CCOC[C@@H](O)C2)cc1CN(CC)CC. The fraction of sp³-hybridized carbons (Fsp3) is 0.706. The Balaban J connectivity index is 2.15. The third kappa shape index (κ3) is 4.56. The first kappa shape index (κ1) is 18.0. The largest absolute Gasteiger partial charge is 0.456 e. The van der Waals surface area contributed by atoms with Crippen LogP contribution in [0.4, 0.5) is 0 Å². The van der Waals surface area contributed by atoms with E-state index in [4.69, 9.17) is 9.15 Å². The highest BCUT2D eigenvalue weighted by atomic mass is 16.5. The van der Waals surface area contributed by atoms with Gasteiger partial charge in [-0.25, -0.2) is 0 Å². The molecule has 1 aromatic heterocycles. The van der Waals surface area contributed by atoms with Crippen LogP contribution in [0.3, 0.4) is 0 Å². The lowest BCUT2D eigenvalue weighted by atomic mass is 10.2. The van der Waals surface area contributed by atoms with Crippen LogP contribution in [0.15, 0.2) is 10.5 Å². The van der Waals surface area contributed by atoms with Gasteiger partial charge in [-0.3, -0.25) is 9.69 Å². The number of aliphatic hydroxyl groups is 1. The van der Waals surface area contributed by atoms with Crippen LogP contribution in [-0.4, -0.2) is 66.3 Å². The van der Waals surface area contributed by atoms with Crippen molar-refractivity contribution in [2.45, 2.75) is 39.8 Å². The molecule has 6 nitrogen and oxygen atoms in total. The third-order valence-corrected chi connectivity index (χ3v) is 4.25. The standard InChI is InChI=1S/C17H28N2O4/c1-4-15-13(10-18(5-2)6-3)9-16(23-15)17(21)19-7-8-22-12-14(20)11-19/h9,14,20H,4-8,10-12H2,1-3H3/t14-/m0/s1. The number of β-amino-alcohol motifs (C(OH)–C–C–N with tert-alkyl or cyclic N) is 1. The topological polar surface area (TPSA) is 66.2 Å². The number of carbonyl (C=O) groups is 1. The molecule has 0 aliphatic carbocycles. The van der Waals surface area contributed by atoms with Crippen LogP contribution >= 0.6 is 0 Å². The molecule has 0 saturated carbocycles. The maximum absolute atomic E-state index is 12.7. The smallest absolute Gasteiger partial charge is 0.289 e. The summed E-state index contributed by atoms with van der Waals surface area (Å²) in [4.78, 5) is 16.6. The predicted octanol–water partition coefficient (Wildman–Crippen LogP) is 1.52. The van der Waals surface area contributed by atoms with E-state index in [2.05, 4.69) is 18.7 Å². The van der Waals surface area contributed by atoms with E-state index in [9.17, 15) is 9.90 Å². The number of carbonyl (C=O) groups excluding carboxylic acids is 1. The summed E-state index contributed by atoms with van der Waals surface area (Å²) < 4.78 is 11.1. The van der Waals surface area contributed by atoms with Crippen molar-refractivity contribution in [3.05, 3.63) is 23.2 Å². The van der Waals surface area contributed by atoms with E-state index in [1.807, 2.05) is 13.0 Å². The molecule has 1 fully saturated rings. The Kier molecular flexibility index (Phi) is 6.62. The van der Waals surface area contributed by atoms with Crippen molar-refractivity contribution < 1.29 is 19.1 Å². The summed E-state index contributed by atoms with van der Waals surface area (Å²) in [6.07, 6.45) is 0.118. The van der Waals surface area contributed by atoms with Gasteiger partial charge in [0.05, 0.1) is 19.3 Å². The molecule has 130 valence electrons. The summed E-state index contributed by atoms with van der Waals surface area (Å²) in [5, 5.41) is 9.79. The molecule has 0 radical (unpaired) electrons. The zero-order valence-electron chi connectivity index (χ0n) is 14.4. The van der Waals surface area contributed by atoms with Crippen LogP contribution in [0.2, 0.25) is 0 Å². The van der Waals surface area contributed by atoms with Crippen molar-refractivity contribution in [2.24, 2.45) is 0 Å². The van der Waals surface area contributed by atoms with Gasteiger partial charge in [0.25, 0.3) is 5.91 Å². The molecule has 6 heteroatoms. The molecular formula is C17H28N2O4. The Bertz CT molecular complexity index is 511. The molecule has 2 heterocycles. The Morgan fingerprint density at radius 3 is 2.78 bits per heavy atom. The molecule has 0 unspecified atom stereocenters. The molecular weight excluding hydrogens is 296 g/mol. The minimum absolute atomic E-state index is 0.171. The maximum Gasteiger partial charge on any atom is 0.289 e. The average molecular weight is 324 g/mol. The molecule has 1 N–H and O–H groups in total. The second-order valence-electron chi connectivity index (χ2n) is 5.85. The van der Waals surface area contributed by atoms with Gasteiger partial charge in [0.15, 0.2) is 5.76 Å². The van der Waals surface area contributed by atoms with Crippen molar-refractivity contribution in [3.8, 4) is 0 Å². The Hall–Kier alpha value is -1.37. The number of ether oxygens (including phenoxy) is 1. The number of hydrogen-bond donors (Lipinski definition) is 1. The molecule has 1 saturated heterocycles. The van der Waals surface area contributed by atoms with Crippen molar-refractivity contribution in [1.82, 2.24) is 9.80 Å². The lowest BCUT2D eigenvalue weighted by molar-refractivity contribution is 0.0525. The fourth-order valence-corrected chi connectivity index (χ4v) is 2.83. The van der Waals surface area contributed by atoms with Crippen molar-refractivity contribution >= 4 is 5.91 Å². The summed E-state index contributed by atoms with van der Waals surface area (Å²) in [5.74, 6) is 1.06. The van der Waals surface area contributed by atoms with Crippen molar-refractivity contribution in [3.63, 3.8) is 0 Å². The van der Waals surface area contributed by atoms with Gasteiger partial charge in [-0.05, 0) is 19.2 Å². The summed E-state index contributed by atoms with van der Waals surface area (Å²) in [5.41, 5.74) is 1.08. The van der Waals surface area contributed by atoms with Crippen LogP contribution in [0.1, 0.15) is 42.6 Å².